The molecule has 5 N–H and O–H groups in total. The number of guanidine groups is 1. The van der Waals surface area contributed by atoms with E-state index in [-0.39, 0.29) is 29.3 Å². The predicted molar refractivity (Wildman–Crippen MR) is 153 cm³/mol. The summed E-state index contributed by atoms with van der Waals surface area (Å²) in [5.74, 6) is -1.93. The van der Waals surface area contributed by atoms with Gasteiger partial charge in [0.1, 0.15) is 6.04 Å². The van der Waals surface area contributed by atoms with Gasteiger partial charge in [0.15, 0.2) is 5.96 Å². The Kier molecular flexibility index (Phi) is 7.93. The summed E-state index contributed by atoms with van der Waals surface area (Å²) in [6.45, 7) is 2.89. The van der Waals surface area contributed by atoms with Crippen molar-refractivity contribution >= 4 is 41.0 Å². The van der Waals surface area contributed by atoms with Crippen LogP contribution < -0.4 is 16.0 Å². The average molecular weight is 562 g/mol. The van der Waals surface area contributed by atoms with E-state index in [4.69, 9.17) is 11.1 Å². The molecule has 2 fully saturated rings. The van der Waals surface area contributed by atoms with Crippen LogP contribution in [0, 0.1) is 11.3 Å². The first-order valence-electron chi connectivity index (χ1n) is 13.8. The Hall–Kier alpha value is -4.45. The fraction of sp³-hybridized carbons (Fsp3) is 0.414. The van der Waals surface area contributed by atoms with Crippen molar-refractivity contribution in [1.82, 2.24) is 14.7 Å². The van der Waals surface area contributed by atoms with Gasteiger partial charge in [0.25, 0.3) is 5.91 Å². The summed E-state index contributed by atoms with van der Waals surface area (Å²) in [6, 6.07) is 10.5. The molecule has 3 amide bonds. The van der Waals surface area contributed by atoms with Crippen LogP contribution in [0.25, 0.3) is 0 Å². The van der Waals surface area contributed by atoms with E-state index in [0.717, 1.165) is 17.8 Å². The third-order valence-corrected chi connectivity index (χ3v) is 8.21. The zero-order chi connectivity index (χ0) is 29.3. The molecular weight excluding hydrogens is 526 g/mol. The summed E-state index contributed by atoms with van der Waals surface area (Å²) < 4.78 is 0. The molecular formula is C29H35N7O5. The number of piperazine rings is 1. The Morgan fingerprint density at radius 2 is 1.71 bits per heavy atom. The number of nitrogens with two attached hydrogens (primary N) is 1. The second-order valence-electron chi connectivity index (χ2n) is 10.8. The molecule has 3 heterocycles. The number of amides is 3. The standard InChI is InChI=1S/C29H35N7O5/c1-33-15-16-35(24(37)17-33)23-4-2-3-22-21(23)11-14-36(27(39)18-9-12-34(13-10-18)29(30)31)25(22)26(38)32-20-7-5-19(6-8-20)28(40)41/h2-8,18,25H,9-17H2,1H3,(H3,30,31)(H,32,38)(H,40,41). The Bertz CT molecular complexity index is 1370. The number of nitrogens with zero attached hydrogens (tertiary/aromatic N) is 4. The lowest BCUT2D eigenvalue weighted by Crippen LogP contribution is -2.52. The van der Waals surface area contributed by atoms with Crippen molar-refractivity contribution in [3.05, 3.63) is 59.2 Å². The van der Waals surface area contributed by atoms with Crippen LogP contribution in [0.3, 0.4) is 0 Å². The Morgan fingerprint density at radius 1 is 1.00 bits per heavy atom. The van der Waals surface area contributed by atoms with Crippen LogP contribution in [-0.4, -0.2) is 95.8 Å². The van der Waals surface area contributed by atoms with E-state index >= 15 is 0 Å². The van der Waals surface area contributed by atoms with Gasteiger partial charge in [-0.25, -0.2) is 4.79 Å². The van der Waals surface area contributed by atoms with E-state index in [1.807, 2.05) is 30.1 Å². The Balaban J connectivity index is 1.47. The maximum atomic E-state index is 13.9. The average Bonchev–Trinajstić information content (AvgIpc) is 2.96. The second-order valence-corrected chi connectivity index (χ2v) is 10.8. The quantitative estimate of drug-likeness (QED) is 0.314. The van der Waals surface area contributed by atoms with E-state index in [1.54, 1.807) is 14.7 Å². The molecule has 12 nitrogen and oxygen atoms in total. The van der Waals surface area contributed by atoms with Crippen LogP contribution >= 0.6 is 0 Å². The molecule has 1 atom stereocenters. The second kappa shape index (κ2) is 11.6. The van der Waals surface area contributed by atoms with E-state index < -0.39 is 17.9 Å². The molecule has 0 radical (unpaired) electrons. The summed E-state index contributed by atoms with van der Waals surface area (Å²) in [5, 5.41) is 19.8. The van der Waals surface area contributed by atoms with Crippen molar-refractivity contribution in [2.24, 2.45) is 11.7 Å². The lowest BCUT2D eigenvalue weighted by Gasteiger charge is -2.42. The van der Waals surface area contributed by atoms with Crippen LogP contribution in [0.2, 0.25) is 0 Å². The van der Waals surface area contributed by atoms with Crippen molar-refractivity contribution in [2.75, 3.05) is 56.5 Å². The van der Waals surface area contributed by atoms with E-state index in [0.29, 0.717) is 63.2 Å². The molecule has 2 aromatic carbocycles. The molecule has 5 rings (SSSR count). The minimum absolute atomic E-state index is 0.0117. The van der Waals surface area contributed by atoms with Gasteiger partial charge in [-0.05, 0) is 67.8 Å². The lowest BCUT2D eigenvalue weighted by atomic mass is 9.87. The number of benzene rings is 2. The highest BCUT2D eigenvalue weighted by molar-refractivity contribution is 6.01. The zero-order valence-electron chi connectivity index (χ0n) is 23.0. The highest BCUT2D eigenvalue weighted by atomic mass is 16.4. The van der Waals surface area contributed by atoms with Crippen molar-refractivity contribution in [3.8, 4) is 0 Å². The fourth-order valence-electron chi connectivity index (χ4n) is 5.98. The molecule has 0 saturated carbocycles. The number of fused-ring (bicyclic) bond motifs is 1. The van der Waals surface area contributed by atoms with E-state index in [9.17, 15) is 24.3 Å². The minimum Gasteiger partial charge on any atom is -0.478 e. The summed E-state index contributed by atoms with van der Waals surface area (Å²) in [7, 11) is 1.91. The molecule has 3 aliphatic rings. The predicted octanol–water partition coefficient (Wildman–Crippen LogP) is 1.33. The van der Waals surface area contributed by atoms with Crippen LogP contribution in [0.1, 0.15) is 40.4 Å². The van der Waals surface area contributed by atoms with Crippen molar-refractivity contribution in [2.45, 2.75) is 25.3 Å². The number of carbonyl (C=O) groups excluding carboxylic acids is 3. The van der Waals surface area contributed by atoms with E-state index in [2.05, 4.69) is 5.32 Å². The van der Waals surface area contributed by atoms with Gasteiger partial charge in [0, 0.05) is 50.0 Å². The molecule has 0 spiro atoms. The van der Waals surface area contributed by atoms with Gasteiger partial charge in [-0.2, -0.15) is 0 Å². The molecule has 2 aromatic rings. The van der Waals surface area contributed by atoms with Gasteiger partial charge in [-0.3, -0.25) is 24.7 Å². The molecule has 216 valence electrons. The van der Waals surface area contributed by atoms with Crippen LogP contribution in [0.15, 0.2) is 42.5 Å². The van der Waals surface area contributed by atoms with Gasteiger partial charge in [0.05, 0.1) is 12.1 Å². The highest BCUT2D eigenvalue weighted by Crippen LogP contribution is 2.38. The van der Waals surface area contributed by atoms with E-state index in [1.165, 1.54) is 24.3 Å². The normalized spacial score (nSPS) is 20.0. The number of hydrogen-bond acceptors (Lipinski definition) is 6. The van der Waals surface area contributed by atoms with Gasteiger partial charge >= 0.3 is 5.97 Å². The lowest BCUT2D eigenvalue weighted by molar-refractivity contribution is -0.144. The Morgan fingerprint density at radius 3 is 2.34 bits per heavy atom. The third-order valence-electron chi connectivity index (χ3n) is 8.21. The van der Waals surface area contributed by atoms with Crippen LogP contribution in [0.5, 0.6) is 0 Å². The molecule has 12 heteroatoms. The summed E-state index contributed by atoms with van der Waals surface area (Å²) in [4.78, 5) is 59.2. The molecule has 0 aromatic heterocycles. The molecule has 0 aliphatic carbocycles. The van der Waals surface area contributed by atoms with Gasteiger partial charge in [-0.1, -0.05) is 12.1 Å². The van der Waals surface area contributed by atoms with Crippen LogP contribution in [0.4, 0.5) is 11.4 Å². The maximum Gasteiger partial charge on any atom is 0.335 e. The zero-order valence-corrected chi connectivity index (χ0v) is 23.0. The van der Waals surface area contributed by atoms with Crippen LogP contribution in [-0.2, 0) is 20.8 Å². The number of piperidine rings is 1. The van der Waals surface area contributed by atoms with Gasteiger partial charge in [0.2, 0.25) is 11.8 Å². The van der Waals surface area contributed by atoms with Crippen molar-refractivity contribution < 1.29 is 24.3 Å². The van der Waals surface area contributed by atoms with Gasteiger partial charge < -0.3 is 30.9 Å². The van der Waals surface area contributed by atoms with Crippen molar-refractivity contribution in [3.63, 3.8) is 0 Å². The Labute approximate surface area is 238 Å². The number of nitrogens with one attached hydrogen (secondary N) is 2. The smallest absolute Gasteiger partial charge is 0.335 e. The topological polar surface area (TPSA) is 163 Å². The summed E-state index contributed by atoms with van der Waals surface area (Å²) in [6.07, 6.45) is 1.56. The monoisotopic (exact) mass is 561 g/mol. The summed E-state index contributed by atoms with van der Waals surface area (Å²) >= 11 is 0. The number of anilines is 2. The highest BCUT2D eigenvalue weighted by Gasteiger charge is 2.41. The molecule has 2 saturated heterocycles. The summed E-state index contributed by atoms with van der Waals surface area (Å²) in [5.41, 5.74) is 8.47. The maximum absolute atomic E-state index is 13.9. The largest absolute Gasteiger partial charge is 0.478 e. The number of likely N-dealkylation sites (N-methyl/N-ethyl adjacent to an activating group) is 1. The van der Waals surface area contributed by atoms with Gasteiger partial charge in [-0.15, -0.1) is 0 Å². The molecule has 3 aliphatic heterocycles. The van der Waals surface area contributed by atoms with Crippen molar-refractivity contribution in [1.29, 1.82) is 5.41 Å². The number of carbonyl (C=O) groups is 4. The molecule has 41 heavy (non-hydrogen) atoms. The molecule has 0 bridgehead atoms. The minimum atomic E-state index is -1.07. The first-order chi connectivity index (χ1) is 19.6. The number of likely N-dealkylation sites (tertiary alicyclic amines) is 1. The first-order valence-corrected chi connectivity index (χ1v) is 13.8. The number of carboxylic acid groups (broad SMARTS) is 1. The SMILES string of the molecule is CN1CCN(c2cccc3c2CCN(C(=O)C2CCN(C(=N)N)CC2)C3C(=O)Nc2ccc(C(=O)O)cc2)C(=O)C1. The number of carboxylic acids is 1. The number of hydrogen-bond donors (Lipinski definition) is 4. The first kappa shape index (κ1) is 28.1. The number of aromatic carboxylic acids is 1. The molecule has 1 unspecified atom stereocenters. The number of rotatable bonds is 5. The fourth-order valence-corrected chi connectivity index (χ4v) is 5.98. The third kappa shape index (κ3) is 5.73.